The van der Waals surface area contributed by atoms with Crippen molar-refractivity contribution in [2.24, 2.45) is 0 Å². The molecule has 4 aromatic rings. The maximum atomic E-state index is 13.7. The number of fused-ring (bicyclic) bond motifs is 1. The second-order valence-electron chi connectivity index (χ2n) is 6.91. The van der Waals surface area contributed by atoms with E-state index in [0.717, 1.165) is 16.6 Å². The van der Waals surface area contributed by atoms with Crippen LogP contribution >= 0.6 is 0 Å². The normalized spacial score (nSPS) is 10.9. The first-order valence-corrected chi connectivity index (χ1v) is 9.83. The zero-order valence-electron chi connectivity index (χ0n) is 16.7. The van der Waals surface area contributed by atoms with Crippen LogP contribution < -0.4 is 10.1 Å². The molecular formula is C23H21FN4O3. The second kappa shape index (κ2) is 9.36. The van der Waals surface area contributed by atoms with Gasteiger partial charge < -0.3 is 15.2 Å². The standard InChI is InChI=1S/C23H21FN4O3/c24-18-6-2-1-5-17(18)14-25-23(30)15-31-22-10-9-16(11-12-29)13-21(22)28-26-19-7-3-4-8-20(19)27-28/h1-10,13,29H,11-12,14-15H2,(H,25,30). The van der Waals surface area contributed by atoms with Crippen LogP contribution in [0.1, 0.15) is 11.1 Å². The summed E-state index contributed by atoms with van der Waals surface area (Å²) in [4.78, 5) is 13.7. The van der Waals surface area contributed by atoms with Gasteiger partial charge in [-0.15, -0.1) is 15.0 Å². The summed E-state index contributed by atoms with van der Waals surface area (Å²) in [6.07, 6.45) is 0.469. The molecule has 0 spiro atoms. The number of aliphatic hydroxyl groups excluding tert-OH is 1. The molecule has 0 aliphatic carbocycles. The number of nitrogens with one attached hydrogen (secondary N) is 1. The molecular weight excluding hydrogens is 399 g/mol. The van der Waals surface area contributed by atoms with Crippen molar-refractivity contribution in [3.63, 3.8) is 0 Å². The lowest BCUT2D eigenvalue weighted by Crippen LogP contribution is -2.29. The highest BCUT2D eigenvalue weighted by Crippen LogP contribution is 2.25. The first kappa shape index (κ1) is 20.5. The van der Waals surface area contributed by atoms with Crippen molar-refractivity contribution in [1.82, 2.24) is 20.3 Å². The van der Waals surface area contributed by atoms with Gasteiger partial charge in [-0.2, -0.15) is 0 Å². The first-order valence-electron chi connectivity index (χ1n) is 9.83. The van der Waals surface area contributed by atoms with E-state index in [0.29, 0.717) is 23.4 Å². The number of carbonyl (C=O) groups excluding carboxylic acids is 1. The van der Waals surface area contributed by atoms with Crippen molar-refractivity contribution in [3.8, 4) is 11.4 Å². The largest absolute Gasteiger partial charge is 0.481 e. The molecule has 0 aliphatic heterocycles. The third kappa shape index (κ3) is 4.87. The van der Waals surface area contributed by atoms with Crippen LogP contribution in [0.25, 0.3) is 16.7 Å². The molecule has 31 heavy (non-hydrogen) atoms. The number of carbonyl (C=O) groups is 1. The van der Waals surface area contributed by atoms with Crippen molar-refractivity contribution in [2.45, 2.75) is 13.0 Å². The zero-order chi connectivity index (χ0) is 21.6. The summed E-state index contributed by atoms with van der Waals surface area (Å²) >= 11 is 0. The molecule has 0 saturated carbocycles. The third-order valence-electron chi connectivity index (χ3n) is 4.72. The fourth-order valence-corrected chi connectivity index (χ4v) is 3.12. The van der Waals surface area contributed by atoms with Crippen LogP contribution in [0.5, 0.6) is 5.75 Å². The fraction of sp³-hybridized carbons (Fsp3) is 0.174. The summed E-state index contributed by atoms with van der Waals surface area (Å²) in [7, 11) is 0. The SMILES string of the molecule is O=C(COc1ccc(CCO)cc1-n1nc2ccccc2n1)NCc1ccccc1F. The van der Waals surface area contributed by atoms with Crippen molar-refractivity contribution in [1.29, 1.82) is 0 Å². The minimum absolute atomic E-state index is 0.00655. The maximum Gasteiger partial charge on any atom is 0.258 e. The molecule has 0 unspecified atom stereocenters. The summed E-state index contributed by atoms with van der Waals surface area (Å²) in [5.41, 5.74) is 3.30. The Kier molecular flexibility index (Phi) is 6.18. The molecule has 0 bridgehead atoms. The Hall–Kier alpha value is -3.78. The van der Waals surface area contributed by atoms with E-state index in [2.05, 4.69) is 15.5 Å². The molecule has 4 rings (SSSR count). The van der Waals surface area contributed by atoms with Crippen LogP contribution in [0.3, 0.4) is 0 Å². The number of amides is 1. The number of hydrogen-bond donors (Lipinski definition) is 2. The molecule has 3 aromatic carbocycles. The van der Waals surface area contributed by atoms with Crippen molar-refractivity contribution < 1.29 is 19.0 Å². The van der Waals surface area contributed by atoms with Gasteiger partial charge in [0.15, 0.2) is 6.61 Å². The van der Waals surface area contributed by atoms with Gasteiger partial charge >= 0.3 is 0 Å². The van der Waals surface area contributed by atoms with Crippen LogP contribution in [-0.4, -0.2) is 39.2 Å². The smallest absolute Gasteiger partial charge is 0.258 e. The predicted octanol–water partition coefficient (Wildman–Crippen LogP) is 2.79. The van der Waals surface area contributed by atoms with Crippen molar-refractivity contribution in [2.75, 3.05) is 13.2 Å². The van der Waals surface area contributed by atoms with Crippen LogP contribution in [0, 0.1) is 5.82 Å². The second-order valence-corrected chi connectivity index (χ2v) is 6.91. The molecule has 0 fully saturated rings. The lowest BCUT2D eigenvalue weighted by molar-refractivity contribution is -0.123. The lowest BCUT2D eigenvalue weighted by Gasteiger charge is -2.12. The van der Waals surface area contributed by atoms with Crippen molar-refractivity contribution >= 4 is 16.9 Å². The van der Waals surface area contributed by atoms with Gasteiger partial charge in [-0.3, -0.25) is 4.79 Å². The zero-order valence-corrected chi connectivity index (χ0v) is 16.7. The van der Waals surface area contributed by atoms with Gasteiger partial charge in [-0.1, -0.05) is 36.4 Å². The highest BCUT2D eigenvalue weighted by molar-refractivity contribution is 5.77. The average molecular weight is 420 g/mol. The molecule has 158 valence electrons. The van der Waals surface area contributed by atoms with E-state index in [1.807, 2.05) is 36.4 Å². The monoisotopic (exact) mass is 420 g/mol. The molecule has 0 radical (unpaired) electrons. The molecule has 0 aliphatic rings. The van der Waals surface area contributed by atoms with E-state index in [4.69, 9.17) is 4.74 Å². The average Bonchev–Trinajstić information content (AvgIpc) is 3.22. The Morgan fingerprint density at radius 3 is 2.45 bits per heavy atom. The van der Waals surface area contributed by atoms with Crippen LogP contribution in [0.4, 0.5) is 4.39 Å². The Morgan fingerprint density at radius 1 is 1.03 bits per heavy atom. The van der Waals surface area contributed by atoms with Gasteiger partial charge in [-0.25, -0.2) is 4.39 Å². The van der Waals surface area contributed by atoms with Gasteiger partial charge in [0.2, 0.25) is 0 Å². The molecule has 1 aromatic heterocycles. The molecule has 0 saturated heterocycles. The highest BCUT2D eigenvalue weighted by Gasteiger charge is 2.13. The topological polar surface area (TPSA) is 89.3 Å². The molecule has 0 atom stereocenters. The van der Waals surface area contributed by atoms with Gasteiger partial charge in [0, 0.05) is 18.7 Å². The Bertz CT molecular complexity index is 1180. The third-order valence-corrected chi connectivity index (χ3v) is 4.72. The number of halogens is 1. The molecule has 1 heterocycles. The summed E-state index contributed by atoms with van der Waals surface area (Å²) in [5.74, 6) is -0.336. The highest BCUT2D eigenvalue weighted by atomic mass is 19.1. The van der Waals surface area contributed by atoms with E-state index in [1.165, 1.54) is 10.9 Å². The maximum absolute atomic E-state index is 13.7. The Morgan fingerprint density at radius 2 is 1.74 bits per heavy atom. The summed E-state index contributed by atoms with van der Waals surface area (Å²) in [6.45, 7) is -0.169. The number of rotatable bonds is 8. The number of aromatic nitrogens is 3. The van der Waals surface area contributed by atoms with Gasteiger partial charge in [0.1, 0.15) is 28.3 Å². The van der Waals surface area contributed by atoms with Gasteiger partial charge in [-0.05, 0) is 42.3 Å². The first-order chi connectivity index (χ1) is 15.1. The number of aliphatic hydroxyl groups is 1. The Balaban J connectivity index is 1.50. The van der Waals surface area contributed by atoms with E-state index >= 15 is 0 Å². The van der Waals surface area contributed by atoms with E-state index in [9.17, 15) is 14.3 Å². The summed E-state index contributed by atoms with van der Waals surface area (Å²) < 4.78 is 19.4. The molecule has 2 N–H and O–H groups in total. The van der Waals surface area contributed by atoms with E-state index in [1.54, 1.807) is 24.3 Å². The summed E-state index contributed by atoms with van der Waals surface area (Å²) in [6, 6.07) is 19.1. The van der Waals surface area contributed by atoms with Crippen LogP contribution in [0.15, 0.2) is 66.7 Å². The minimum Gasteiger partial charge on any atom is -0.481 e. The van der Waals surface area contributed by atoms with E-state index in [-0.39, 0.29) is 31.5 Å². The number of nitrogens with zero attached hydrogens (tertiary/aromatic N) is 3. The van der Waals surface area contributed by atoms with Gasteiger partial charge in [0.25, 0.3) is 5.91 Å². The molecule has 8 heteroatoms. The van der Waals surface area contributed by atoms with Gasteiger partial charge in [0.05, 0.1) is 0 Å². The molecule has 7 nitrogen and oxygen atoms in total. The fourth-order valence-electron chi connectivity index (χ4n) is 3.12. The number of hydrogen-bond acceptors (Lipinski definition) is 5. The summed E-state index contributed by atoms with van der Waals surface area (Å²) in [5, 5.41) is 20.9. The lowest BCUT2D eigenvalue weighted by atomic mass is 10.1. The van der Waals surface area contributed by atoms with Crippen LogP contribution in [0.2, 0.25) is 0 Å². The Labute approximate surface area is 178 Å². The minimum atomic E-state index is -0.382. The van der Waals surface area contributed by atoms with Crippen molar-refractivity contribution in [3.05, 3.63) is 83.7 Å². The predicted molar refractivity (Wildman–Crippen MR) is 113 cm³/mol. The number of ether oxygens (including phenoxy) is 1. The van der Waals surface area contributed by atoms with Crippen LogP contribution in [-0.2, 0) is 17.8 Å². The molecule has 1 amide bonds. The number of benzene rings is 3. The quantitative estimate of drug-likeness (QED) is 0.458. The van der Waals surface area contributed by atoms with E-state index < -0.39 is 0 Å².